The van der Waals surface area contributed by atoms with E-state index in [1.807, 2.05) is 38.1 Å². The Morgan fingerprint density at radius 3 is 2.03 bits per heavy atom. The summed E-state index contributed by atoms with van der Waals surface area (Å²) in [6.45, 7) is 4.51. The first-order valence-electron chi connectivity index (χ1n) is 10.5. The minimum atomic E-state index is -3.49. The van der Waals surface area contributed by atoms with Crippen molar-refractivity contribution < 1.29 is 22.7 Å². The van der Waals surface area contributed by atoms with E-state index in [2.05, 4.69) is 5.32 Å². The number of hydrogen-bond donors (Lipinski definition) is 1. The maximum absolute atomic E-state index is 12.4. The van der Waals surface area contributed by atoms with Gasteiger partial charge in [-0.05, 0) is 67.9 Å². The minimum Gasteiger partial charge on any atom is -0.494 e. The highest BCUT2D eigenvalue weighted by atomic mass is 32.2. The smallest absolute Gasteiger partial charge is 0.262 e. The zero-order valence-corrected chi connectivity index (χ0v) is 19.8. The van der Waals surface area contributed by atoms with Crippen molar-refractivity contribution in [1.29, 1.82) is 0 Å². The zero-order valence-electron chi connectivity index (χ0n) is 18.9. The highest BCUT2D eigenvalue weighted by Gasteiger charge is 2.18. The maximum Gasteiger partial charge on any atom is 0.262 e. The lowest BCUT2D eigenvalue weighted by atomic mass is 10.1. The third kappa shape index (κ3) is 7.25. The van der Waals surface area contributed by atoms with Crippen LogP contribution in [-0.2, 0) is 21.4 Å². The van der Waals surface area contributed by atoms with Crippen molar-refractivity contribution in [3.63, 3.8) is 0 Å². The Morgan fingerprint density at radius 1 is 0.879 bits per heavy atom. The number of ether oxygens (including phenoxy) is 2. The summed E-state index contributed by atoms with van der Waals surface area (Å²) in [4.78, 5) is 12.2. The molecule has 0 atom stereocenters. The zero-order chi connectivity index (χ0) is 23.8. The van der Waals surface area contributed by atoms with Crippen LogP contribution in [0.1, 0.15) is 18.1 Å². The van der Waals surface area contributed by atoms with Crippen molar-refractivity contribution in [2.45, 2.75) is 20.4 Å². The first kappa shape index (κ1) is 24.1. The molecule has 0 bridgehead atoms. The molecule has 0 radical (unpaired) electrons. The van der Waals surface area contributed by atoms with Gasteiger partial charge in [-0.1, -0.05) is 29.8 Å². The second-order valence-electron chi connectivity index (χ2n) is 7.54. The van der Waals surface area contributed by atoms with Crippen LogP contribution in [0.4, 0.5) is 11.4 Å². The number of nitrogens with one attached hydrogen (secondary N) is 1. The Bertz CT molecular complexity index is 1160. The average Bonchev–Trinajstić information content (AvgIpc) is 2.78. The van der Waals surface area contributed by atoms with E-state index < -0.39 is 10.0 Å². The summed E-state index contributed by atoms with van der Waals surface area (Å²) in [6, 6.07) is 21.4. The largest absolute Gasteiger partial charge is 0.494 e. The molecule has 0 aliphatic rings. The molecule has 0 aliphatic carbocycles. The summed E-state index contributed by atoms with van der Waals surface area (Å²) in [5.74, 6) is 0.891. The summed E-state index contributed by atoms with van der Waals surface area (Å²) >= 11 is 0. The van der Waals surface area contributed by atoms with Crippen molar-refractivity contribution in [1.82, 2.24) is 0 Å². The van der Waals surface area contributed by atoms with Gasteiger partial charge in [0.1, 0.15) is 11.5 Å². The number of nitrogens with zero attached hydrogens (tertiary/aromatic N) is 1. The molecule has 8 heteroatoms. The van der Waals surface area contributed by atoms with Gasteiger partial charge in [-0.3, -0.25) is 9.10 Å². The van der Waals surface area contributed by atoms with Crippen LogP contribution in [0.3, 0.4) is 0 Å². The highest BCUT2D eigenvalue weighted by Crippen LogP contribution is 2.24. The van der Waals surface area contributed by atoms with Crippen LogP contribution in [0.15, 0.2) is 72.8 Å². The SMILES string of the molecule is CCOc1ccc(NC(=O)COc2ccc(N(Cc3ccc(C)cc3)S(C)(=O)=O)cc2)cc1. The van der Waals surface area contributed by atoms with Gasteiger partial charge in [0.25, 0.3) is 5.91 Å². The topological polar surface area (TPSA) is 84.9 Å². The van der Waals surface area contributed by atoms with Gasteiger partial charge in [-0.25, -0.2) is 8.42 Å². The molecule has 0 saturated carbocycles. The van der Waals surface area contributed by atoms with Crippen molar-refractivity contribution >= 4 is 27.3 Å². The predicted octanol–water partition coefficient (Wildman–Crippen LogP) is 4.38. The molecule has 0 unspecified atom stereocenters. The molecule has 1 amide bonds. The van der Waals surface area contributed by atoms with E-state index in [1.165, 1.54) is 10.6 Å². The number of benzene rings is 3. The standard InChI is InChI=1S/C25H28N2O5S/c1-4-31-23-13-9-21(10-14-23)26-25(28)18-32-24-15-11-22(12-16-24)27(33(3,29)30)17-20-7-5-19(2)6-8-20/h5-16H,4,17-18H2,1-3H3,(H,26,28). The highest BCUT2D eigenvalue weighted by molar-refractivity contribution is 7.92. The fraction of sp³-hybridized carbons (Fsp3) is 0.240. The molecule has 3 aromatic rings. The van der Waals surface area contributed by atoms with E-state index in [0.717, 1.165) is 16.9 Å². The Kier molecular flexibility index (Phi) is 7.95. The number of anilines is 2. The second-order valence-corrected chi connectivity index (χ2v) is 9.45. The third-order valence-electron chi connectivity index (χ3n) is 4.79. The van der Waals surface area contributed by atoms with Gasteiger partial charge >= 0.3 is 0 Å². The molecule has 33 heavy (non-hydrogen) atoms. The number of sulfonamides is 1. The van der Waals surface area contributed by atoms with E-state index >= 15 is 0 Å². The Morgan fingerprint density at radius 2 is 1.45 bits per heavy atom. The van der Waals surface area contributed by atoms with E-state index in [4.69, 9.17) is 9.47 Å². The number of carbonyl (C=O) groups is 1. The Labute approximate surface area is 195 Å². The second kappa shape index (κ2) is 10.9. The molecule has 0 aliphatic heterocycles. The summed E-state index contributed by atoms with van der Waals surface area (Å²) in [6.07, 6.45) is 1.18. The van der Waals surface area contributed by atoms with Crippen molar-refractivity contribution in [2.75, 3.05) is 29.1 Å². The normalized spacial score (nSPS) is 11.0. The summed E-state index contributed by atoms with van der Waals surface area (Å²) in [7, 11) is -3.49. The molecule has 0 heterocycles. The molecule has 1 N–H and O–H groups in total. The number of hydrogen-bond acceptors (Lipinski definition) is 5. The van der Waals surface area contributed by atoms with Gasteiger partial charge in [0, 0.05) is 5.69 Å². The van der Waals surface area contributed by atoms with Crippen LogP contribution >= 0.6 is 0 Å². The molecule has 3 rings (SSSR count). The molecule has 0 aromatic heterocycles. The first-order valence-corrected chi connectivity index (χ1v) is 12.4. The van der Waals surface area contributed by atoms with Gasteiger partial charge in [-0.15, -0.1) is 0 Å². The fourth-order valence-electron chi connectivity index (χ4n) is 3.12. The van der Waals surface area contributed by atoms with Crippen LogP contribution in [0.5, 0.6) is 11.5 Å². The van der Waals surface area contributed by atoms with E-state index in [1.54, 1.807) is 48.5 Å². The average molecular weight is 469 g/mol. The Balaban J connectivity index is 1.59. The van der Waals surface area contributed by atoms with Crippen LogP contribution in [0.2, 0.25) is 0 Å². The van der Waals surface area contributed by atoms with Crippen molar-refractivity contribution in [3.05, 3.63) is 83.9 Å². The number of aryl methyl sites for hydroxylation is 1. The molecular formula is C25H28N2O5S. The molecule has 174 valence electrons. The third-order valence-corrected chi connectivity index (χ3v) is 5.93. The van der Waals surface area contributed by atoms with Crippen LogP contribution in [-0.4, -0.2) is 33.8 Å². The molecule has 0 saturated heterocycles. The quantitative estimate of drug-likeness (QED) is 0.477. The van der Waals surface area contributed by atoms with E-state index in [9.17, 15) is 13.2 Å². The first-order chi connectivity index (χ1) is 15.7. The van der Waals surface area contributed by atoms with Crippen LogP contribution in [0, 0.1) is 6.92 Å². The molecule has 0 spiro atoms. The van der Waals surface area contributed by atoms with Gasteiger partial charge in [0.2, 0.25) is 10.0 Å². The van der Waals surface area contributed by atoms with Crippen molar-refractivity contribution in [2.24, 2.45) is 0 Å². The number of rotatable bonds is 10. The lowest BCUT2D eigenvalue weighted by molar-refractivity contribution is -0.118. The molecule has 0 fully saturated rings. The van der Waals surface area contributed by atoms with Crippen molar-refractivity contribution in [3.8, 4) is 11.5 Å². The van der Waals surface area contributed by atoms with E-state index in [-0.39, 0.29) is 19.1 Å². The molecule has 7 nitrogen and oxygen atoms in total. The maximum atomic E-state index is 12.4. The lowest BCUT2D eigenvalue weighted by Gasteiger charge is -2.23. The van der Waals surface area contributed by atoms with Gasteiger partial charge < -0.3 is 14.8 Å². The summed E-state index contributed by atoms with van der Waals surface area (Å²) in [5.41, 5.74) is 3.15. The minimum absolute atomic E-state index is 0.175. The number of carbonyl (C=O) groups excluding carboxylic acids is 1. The summed E-state index contributed by atoms with van der Waals surface area (Å²) < 4.78 is 37.0. The summed E-state index contributed by atoms with van der Waals surface area (Å²) in [5, 5.41) is 2.76. The monoisotopic (exact) mass is 468 g/mol. The predicted molar refractivity (Wildman–Crippen MR) is 130 cm³/mol. The van der Waals surface area contributed by atoms with Gasteiger partial charge in [-0.2, -0.15) is 0 Å². The molecular weight excluding hydrogens is 440 g/mol. The molecule has 3 aromatic carbocycles. The van der Waals surface area contributed by atoms with E-state index in [0.29, 0.717) is 23.7 Å². The fourth-order valence-corrected chi connectivity index (χ4v) is 4.00. The number of amides is 1. The van der Waals surface area contributed by atoms with Crippen LogP contribution in [0.25, 0.3) is 0 Å². The Hall–Kier alpha value is -3.52. The van der Waals surface area contributed by atoms with Crippen LogP contribution < -0.4 is 19.1 Å². The van der Waals surface area contributed by atoms with Gasteiger partial charge in [0.05, 0.1) is 25.1 Å². The lowest BCUT2D eigenvalue weighted by Crippen LogP contribution is -2.29. The van der Waals surface area contributed by atoms with Gasteiger partial charge in [0.15, 0.2) is 6.61 Å².